The number of benzene rings is 1. The summed E-state index contributed by atoms with van der Waals surface area (Å²) in [5, 5.41) is 0.982. The monoisotopic (exact) mass is 334 g/mol. The summed E-state index contributed by atoms with van der Waals surface area (Å²) in [6.45, 7) is 0.0545. The van der Waals surface area contributed by atoms with Crippen LogP contribution in [-0.4, -0.2) is 5.91 Å². The Hall–Kier alpha value is -1.40. The summed E-state index contributed by atoms with van der Waals surface area (Å²) < 4.78 is 10.7. The van der Waals surface area contributed by atoms with E-state index < -0.39 is 5.91 Å². The second kappa shape index (κ2) is 6.37. The first kappa shape index (κ1) is 15.0. The fourth-order valence-corrected chi connectivity index (χ4v) is 2.38. The number of hydrogen-bond acceptors (Lipinski definition) is 4. The van der Waals surface area contributed by atoms with E-state index in [1.54, 1.807) is 6.07 Å². The Labute approximate surface area is 129 Å². The van der Waals surface area contributed by atoms with Crippen molar-refractivity contribution in [1.29, 1.82) is 0 Å². The number of nitrogens with two attached hydrogens (primary N) is 1. The third kappa shape index (κ3) is 3.37. The normalized spacial score (nSPS) is 10.4. The molecule has 20 heavy (non-hydrogen) atoms. The number of nitrogens with one attached hydrogen (secondary N) is 1. The lowest BCUT2D eigenvalue weighted by Gasteiger charge is -2.08. The van der Waals surface area contributed by atoms with Gasteiger partial charge in [0.05, 0.1) is 10.0 Å². The second-order valence-corrected chi connectivity index (χ2v) is 4.98. The Morgan fingerprint density at radius 1 is 1.25 bits per heavy atom. The van der Waals surface area contributed by atoms with Gasteiger partial charge in [0.25, 0.3) is 0 Å². The van der Waals surface area contributed by atoms with Crippen LogP contribution in [0.3, 0.4) is 0 Å². The van der Waals surface area contributed by atoms with Crippen LogP contribution in [0.5, 0.6) is 5.75 Å². The van der Waals surface area contributed by atoms with Crippen LogP contribution in [0, 0.1) is 0 Å². The maximum absolute atomic E-state index is 11.2. The SMILES string of the molecule is NNC(=O)c1ccc(COc2c(Cl)cc(Cl)cc2Cl)o1. The molecule has 0 aliphatic heterocycles. The number of rotatable bonds is 4. The van der Waals surface area contributed by atoms with Gasteiger partial charge in [-0.15, -0.1) is 0 Å². The van der Waals surface area contributed by atoms with Crippen LogP contribution >= 0.6 is 34.8 Å². The molecule has 2 aromatic rings. The Kier molecular flexibility index (Phi) is 4.77. The zero-order valence-corrected chi connectivity index (χ0v) is 12.2. The molecule has 1 aromatic heterocycles. The molecular formula is C12H9Cl3N2O3. The number of amides is 1. The molecule has 0 saturated heterocycles. The maximum atomic E-state index is 11.2. The lowest BCUT2D eigenvalue weighted by atomic mass is 10.3. The van der Waals surface area contributed by atoms with Gasteiger partial charge in [0.2, 0.25) is 0 Å². The fourth-order valence-electron chi connectivity index (χ4n) is 1.46. The van der Waals surface area contributed by atoms with Gasteiger partial charge < -0.3 is 9.15 Å². The average Bonchev–Trinajstić information content (AvgIpc) is 2.85. The van der Waals surface area contributed by atoms with E-state index in [1.807, 2.05) is 5.43 Å². The van der Waals surface area contributed by atoms with E-state index in [-0.39, 0.29) is 22.4 Å². The molecule has 0 spiro atoms. The van der Waals surface area contributed by atoms with Crippen molar-refractivity contribution in [2.75, 3.05) is 0 Å². The Bertz CT molecular complexity index is 620. The minimum atomic E-state index is -0.529. The summed E-state index contributed by atoms with van der Waals surface area (Å²) in [5.41, 5.74) is 1.96. The van der Waals surface area contributed by atoms with Gasteiger partial charge in [0.1, 0.15) is 12.4 Å². The summed E-state index contributed by atoms with van der Waals surface area (Å²) in [5.74, 6) is 5.26. The van der Waals surface area contributed by atoms with Crippen LogP contribution in [-0.2, 0) is 6.61 Å². The van der Waals surface area contributed by atoms with Crippen molar-refractivity contribution in [2.45, 2.75) is 6.61 Å². The number of carbonyl (C=O) groups excluding carboxylic acids is 1. The van der Waals surface area contributed by atoms with Gasteiger partial charge >= 0.3 is 5.91 Å². The highest BCUT2D eigenvalue weighted by molar-refractivity contribution is 6.40. The number of furan rings is 1. The molecule has 5 nitrogen and oxygen atoms in total. The van der Waals surface area contributed by atoms with Gasteiger partial charge in [-0.3, -0.25) is 10.2 Å². The number of hydrogen-bond donors (Lipinski definition) is 2. The number of ether oxygens (including phenoxy) is 1. The van der Waals surface area contributed by atoms with Gasteiger partial charge in [0.15, 0.2) is 11.5 Å². The minimum Gasteiger partial charge on any atom is -0.483 e. The molecule has 3 N–H and O–H groups in total. The van der Waals surface area contributed by atoms with E-state index in [2.05, 4.69) is 0 Å². The highest BCUT2D eigenvalue weighted by Crippen LogP contribution is 2.36. The van der Waals surface area contributed by atoms with Crippen molar-refractivity contribution in [1.82, 2.24) is 5.43 Å². The lowest BCUT2D eigenvalue weighted by molar-refractivity contribution is 0.0922. The molecule has 0 aliphatic carbocycles. The molecule has 0 unspecified atom stereocenters. The summed E-state index contributed by atoms with van der Waals surface area (Å²) in [6.07, 6.45) is 0. The predicted molar refractivity (Wildman–Crippen MR) is 76.2 cm³/mol. The number of halogens is 3. The van der Waals surface area contributed by atoms with Crippen LogP contribution in [0.25, 0.3) is 0 Å². The van der Waals surface area contributed by atoms with E-state index in [4.69, 9.17) is 49.8 Å². The molecule has 0 atom stereocenters. The van der Waals surface area contributed by atoms with Crippen LogP contribution in [0.1, 0.15) is 16.3 Å². The largest absolute Gasteiger partial charge is 0.483 e. The molecule has 106 valence electrons. The summed E-state index contributed by atoms with van der Waals surface area (Å²) in [7, 11) is 0. The van der Waals surface area contributed by atoms with Crippen molar-refractivity contribution in [2.24, 2.45) is 5.84 Å². The Morgan fingerprint density at radius 3 is 2.50 bits per heavy atom. The molecule has 1 amide bonds. The van der Waals surface area contributed by atoms with Crippen molar-refractivity contribution in [3.8, 4) is 5.75 Å². The first-order valence-electron chi connectivity index (χ1n) is 5.38. The molecule has 1 aromatic carbocycles. The average molecular weight is 336 g/mol. The van der Waals surface area contributed by atoms with E-state index in [0.717, 1.165) is 0 Å². The number of nitrogen functional groups attached to an aromatic ring is 1. The van der Waals surface area contributed by atoms with Crippen LogP contribution < -0.4 is 16.0 Å². The van der Waals surface area contributed by atoms with Crippen LogP contribution in [0.4, 0.5) is 0 Å². The molecule has 0 saturated carbocycles. The third-order valence-corrected chi connectivity index (χ3v) is 3.12. The maximum Gasteiger partial charge on any atom is 0.300 e. The number of hydrazine groups is 1. The van der Waals surface area contributed by atoms with Crippen LogP contribution in [0.2, 0.25) is 15.1 Å². The van der Waals surface area contributed by atoms with Crippen molar-refractivity contribution in [3.63, 3.8) is 0 Å². The van der Waals surface area contributed by atoms with E-state index in [1.165, 1.54) is 18.2 Å². The van der Waals surface area contributed by atoms with Crippen molar-refractivity contribution >= 4 is 40.7 Å². The zero-order valence-electron chi connectivity index (χ0n) is 9.95. The van der Waals surface area contributed by atoms with Gasteiger partial charge in [-0.25, -0.2) is 5.84 Å². The topological polar surface area (TPSA) is 77.5 Å². The highest BCUT2D eigenvalue weighted by atomic mass is 35.5. The smallest absolute Gasteiger partial charge is 0.300 e. The first-order valence-corrected chi connectivity index (χ1v) is 6.51. The molecule has 1 heterocycles. The van der Waals surface area contributed by atoms with Crippen molar-refractivity contribution in [3.05, 3.63) is 50.9 Å². The van der Waals surface area contributed by atoms with Gasteiger partial charge in [-0.05, 0) is 24.3 Å². The molecule has 8 heteroatoms. The third-order valence-electron chi connectivity index (χ3n) is 2.34. The van der Waals surface area contributed by atoms with Crippen molar-refractivity contribution < 1.29 is 13.9 Å². The molecular weight excluding hydrogens is 327 g/mol. The van der Waals surface area contributed by atoms with E-state index >= 15 is 0 Å². The summed E-state index contributed by atoms with van der Waals surface area (Å²) >= 11 is 17.7. The Morgan fingerprint density at radius 2 is 1.90 bits per heavy atom. The summed E-state index contributed by atoms with van der Waals surface area (Å²) in [6, 6.07) is 6.09. The van der Waals surface area contributed by atoms with Gasteiger partial charge in [0, 0.05) is 5.02 Å². The molecule has 0 aliphatic rings. The minimum absolute atomic E-state index is 0.0545. The molecule has 2 rings (SSSR count). The quantitative estimate of drug-likeness (QED) is 0.510. The second-order valence-electron chi connectivity index (χ2n) is 3.73. The first-order chi connectivity index (χ1) is 9.51. The molecule has 0 fully saturated rings. The highest BCUT2D eigenvalue weighted by Gasteiger charge is 2.12. The van der Waals surface area contributed by atoms with Gasteiger partial charge in [-0.1, -0.05) is 34.8 Å². The summed E-state index contributed by atoms with van der Waals surface area (Å²) in [4.78, 5) is 11.2. The van der Waals surface area contributed by atoms with E-state index in [0.29, 0.717) is 16.5 Å². The van der Waals surface area contributed by atoms with E-state index in [9.17, 15) is 4.79 Å². The van der Waals surface area contributed by atoms with Crippen LogP contribution in [0.15, 0.2) is 28.7 Å². The zero-order chi connectivity index (χ0) is 14.7. The fraction of sp³-hybridized carbons (Fsp3) is 0.0833. The number of carbonyl (C=O) groups is 1. The Balaban J connectivity index is 2.09. The molecule has 0 bridgehead atoms. The lowest BCUT2D eigenvalue weighted by Crippen LogP contribution is -2.29. The van der Waals surface area contributed by atoms with Gasteiger partial charge in [-0.2, -0.15) is 0 Å². The predicted octanol–water partition coefficient (Wildman–Crippen LogP) is 3.42. The standard InChI is InChI=1S/C12H9Cl3N2O3/c13-6-3-8(14)11(9(15)4-6)19-5-7-1-2-10(20-7)12(18)17-16/h1-4H,5,16H2,(H,17,18). The molecule has 0 radical (unpaired) electrons.